The summed E-state index contributed by atoms with van der Waals surface area (Å²) in [5.74, 6) is 2.40. The molecule has 0 saturated heterocycles. The van der Waals surface area contributed by atoms with Crippen LogP contribution in [0.3, 0.4) is 0 Å². The van der Waals surface area contributed by atoms with Crippen molar-refractivity contribution in [3.05, 3.63) is 23.8 Å². The normalized spacial score (nSPS) is 14.0. The van der Waals surface area contributed by atoms with Crippen LogP contribution in [0.25, 0.3) is 0 Å². The van der Waals surface area contributed by atoms with E-state index in [1.807, 2.05) is 23.1 Å². The summed E-state index contributed by atoms with van der Waals surface area (Å²) in [6.07, 6.45) is 3.79. The number of rotatable bonds is 8. The number of ether oxygens (including phenoxy) is 2. The lowest BCUT2D eigenvalue weighted by Gasteiger charge is -2.24. The number of amides is 1. The van der Waals surface area contributed by atoms with Crippen LogP contribution in [0.4, 0.5) is 0 Å². The van der Waals surface area contributed by atoms with E-state index in [1.165, 1.54) is 0 Å². The molecule has 0 atom stereocenters. The van der Waals surface area contributed by atoms with Crippen molar-refractivity contribution in [3.8, 4) is 11.5 Å². The number of hydrogen-bond donors (Lipinski definition) is 0. The molecule has 22 heavy (non-hydrogen) atoms. The van der Waals surface area contributed by atoms with Crippen molar-refractivity contribution in [2.45, 2.75) is 52.1 Å². The second kappa shape index (κ2) is 7.52. The van der Waals surface area contributed by atoms with Crippen LogP contribution in [0.1, 0.15) is 45.1 Å². The van der Waals surface area contributed by atoms with E-state index in [2.05, 4.69) is 13.8 Å². The van der Waals surface area contributed by atoms with Gasteiger partial charge in [0, 0.05) is 24.6 Å². The van der Waals surface area contributed by atoms with Gasteiger partial charge in [0.05, 0.1) is 14.2 Å². The summed E-state index contributed by atoms with van der Waals surface area (Å²) in [5, 5.41) is 0. The highest BCUT2D eigenvalue weighted by Gasteiger charge is 2.32. The van der Waals surface area contributed by atoms with Crippen molar-refractivity contribution in [3.63, 3.8) is 0 Å². The molecule has 0 radical (unpaired) electrons. The average Bonchev–Trinajstić information content (AvgIpc) is 3.34. The first-order valence-corrected chi connectivity index (χ1v) is 8.05. The van der Waals surface area contributed by atoms with E-state index in [1.54, 1.807) is 14.2 Å². The van der Waals surface area contributed by atoms with Crippen LogP contribution in [-0.4, -0.2) is 31.1 Å². The highest BCUT2D eigenvalue weighted by molar-refractivity contribution is 5.77. The van der Waals surface area contributed by atoms with Gasteiger partial charge in [-0.15, -0.1) is 0 Å². The van der Waals surface area contributed by atoms with E-state index in [4.69, 9.17) is 9.47 Å². The van der Waals surface area contributed by atoms with E-state index in [0.29, 0.717) is 24.9 Å². The monoisotopic (exact) mass is 305 g/mol. The SMILES string of the molecule is COc1ccc(OC)c(CN(C(=O)CCC(C)C)C2CC2)c1. The molecule has 0 aromatic heterocycles. The second-order valence-electron chi connectivity index (χ2n) is 6.36. The number of carbonyl (C=O) groups is 1. The van der Waals surface area contributed by atoms with Crippen molar-refractivity contribution in [2.24, 2.45) is 5.92 Å². The summed E-state index contributed by atoms with van der Waals surface area (Å²) < 4.78 is 10.7. The molecule has 0 spiro atoms. The molecular weight excluding hydrogens is 278 g/mol. The van der Waals surface area contributed by atoms with E-state index in [0.717, 1.165) is 36.3 Å². The molecule has 0 aliphatic heterocycles. The third kappa shape index (κ3) is 4.39. The Morgan fingerprint density at radius 3 is 2.55 bits per heavy atom. The molecule has 2 rings (SSSR count). The maximum Gasteiger partial charge on any atom is 0.223 e. The van der Waals surface area contributed by atoms with Crippen LogP contribution in [0.15, 0.2) is 18.2 Å². The molecular formula is C18H27NO3. The van der Waals surface area contributed by atoms with Crippen molar-refractivity contribution < 1.29 is 14.3 Å². The number of methoxy groups -OCH3 is 2. The summed E-state index contributed by atoms with van der Waals surface area (Å²) in [4.78, 5) is 14.6. The van der Waals surface area contributed by atoms with Gasteiger partial charge in [-0.25, -0.2) is 0 Å². The highest BCUT2D eigenvalue weighted by Crippen LogP contribution is 2.32. The van der Waals surface area contributed by atoms with Gasteiger partial charge in [0.1, 0.15) is 11.5 Å². The van der Waals surface area contributed by atoms with Crippen molar-refractivity contribution in [1.29, 1.82) is 0 Å². The maximum atomic E-state index is 12.5. The predicted octanol–water partition coefficient (Wildman–Crippen LogP) is 3.63. The molecule has 122 valence electrons. The van der Waals surface area contributed by atoms with Gasteiger partial charge >= 0.3 is 0 Å². The first-order valence-electron chi connectivity index (χ1n) is 8.05. The molecule has 1 aromatic rings. The number of hydrogen-bond acceptors (Lipinski definition) is 3. The maximum absolute atomic E-state index is 12.5. The first-order chi connectivity index (χ1) is 10.5. The van der Waals surface area contributed by atoms with Gasteiger partial charge < -0.3 is 14.4 Å². The fraction of sp³-hybridized carbons (Fsp3) is 0.611. The highest BCUT2D eigenvalue weighted by atomic mass is 16.5. The van der Waals surface area contributed by atoms with Crippen LogP contribution in [0, 0.1) is 5.92 Å². The molecule has 0 heterocycles. The fourth-order valence-corrected chi connectivity index (χ4v) is 2.55. The third-order valence-electron chi connectivity index (χ3n) is 4.07. The minimum Gasteiger partial charge on any atom is -0.497 e. The zero-order valence-electron chi connectivity index (χ0n) is 14.1. The van der Waals surface area contributed by atoms with Crippen LogP contribution in [0.2, 0.25) is 0 Å². The Morgan fingerprint density at radius 1 is 1.27 bits per heavy atom. The number of nitrogens with zero attached hydrogens (tertiary/aromatic N) is 1. The Morgan fingerprint density at radius 2 is 2.00 bits per heavy atom. The molecule has 1 fully saturated rings. The van der Waals surface area contributed by atoms with Crippen molar-refractivity contribution >= 4 is 5.91 Å². The average molecular weight is 305 g/mol. The zero-order valence-corrected chi connectivity index (χ0v) is 14.1. The summed E-state index contributed by atoms with van der Waals surface area (Å²) >= 11 is 0. The van der Waals surface area contributed by atoms with Crippen molar-refractivity contribution in [1.82, 2.24) is 4.90 Å². The predicted molar refractivity (Wildman–Crippen MR) is 87.2 cm³/mol. The van der Waals surface area contributed by atoms with Crippen molar-refractivity contribution in [2.75, 3.05) is 14.2 Å². The molecule has 1 aromatic carbocycles. The quantitative estimate of drug-likeness (QED) is 0.736. The summed E-state index contributed by atoms with van der Waals surface area (Å²) in [6, 6.07) is 6.14. The minimum atomic E-state index is 0.251. The third-order valence-corrected chi connectivity index (χ3v) is 4.07. The molecule has 4 nitrogen and oxygen atoms in total. The largest absolute Gasteiger partial charge is 0.497 e. The summed E-state index contributed by atoms with van der Waals surface area (Å²) in [7, 11) is 3.31. The molecule has 1 amide bonds. The lowest BCUT2D eigenvalue weighted by Crippen LogP contribution is -2.32. The Hall–Kier alpha value is -1.71. The molecule has 4 heteroatoms. The van der Waals surface area contributed by atoms with Gasteiger partial charge in [0.25, 0.3) is 0 Å². The Balaban J connectivity index is 2.12. The molecule has 1 aliphatic carbocycles. The molecule has 0 unspecified atom stereocenters. The Bertz CT molecular complexity index is 509. The molecule has 0 N–H and O–H groups in total. The van der Waals surface area contributed by atoms with Gasteiger partial charge in [0.2, 0.25) is 5.91 Å². The van der Waals surface area contributed by atoms with Gasteiger partial charge in [-0.05, 0) is 43.4 Å². The zero-order chi connectivity index (χ0) is 16.1. The molecule has 1 saturated carbocycles. The topological polar surface area (TPSA) is 38.8 Å². The van der Waals surface area contributed by atoms with Gasteiger partial charge in [0.15, 0.2) is 0 Å². The second-order valence-corrected chi connectivity index (χ2v) is 6.36. The van der Waals surface area contributed by atoms with E-state index in [9.17, 15) is 4.79 Å². The fourth-order valence-electron chi connectivity index (χ4n) is 2.55. The van der Waals surface area contributed by atoms with Crippen LogP contribution in [0.5, 0.6) is 11.5 Å². The van der Waals surface area contributed by atoms with E-state index >= 15 is 0 Å². The summed E-state index contributed by atoms with van der Waals surface area (Å²) in [5.41, 5.74) is 1.01. The number of carbonyl (C=O) groups excluding carboxylic acids is 1. The standard InChI is InChI=1S/C18H27NO3/c1-13(2)5-10-18(20)19(15-6-7-15)12-14-11-16(21-3)8-9-17(14)22-4/h8-9,11,13,15H,5-7,10,12H2,1-4H3. The van der Waals surface area contributed by atoms with E-state index < -0.39 is 0 Å². The van der Waals surface area contributed by atoms with Crippen LogP contribution >= 0.6 is 0 Å². The van der Waals surface area contributed by atoms with Crippen LogP contribution < -0.4 is 9.47 Å². The molecule has 0 bridgehead atoms. The number of benzene rings is 1. The Kier molecular flexibility index (Phi) is 5.69. The summed E-state index contributed by atoms with van der Waals surface area (Å²) in [6.45, 7) is 4.90. The van der Waals surface area contributed by atoms with Gasteiger partial charge in [-0.3, -0.25) is 4.79 Å². The van der Waals surface area contributed by atoms with Gasteiger partial charge in [-0.2, -0.15) is 0 Å². The van der Waals surface area contributed by atoms with Crippen LogP contribution in [-0.2, 0) is 11.3 Å². The lowest BCUT2D eigenvalue weighted by molar-refractivity contribution is -0.132. The first kappa shape index (κ1) is 16.7. The molecule has 1 aliphatic rings. The van der Waals surface area contributed by atoms with Gasteiger partial charge in [-0.1, -0.05) is 13.8 Å². The smallest absolute Gasteiger partial charge is 0.223 e. The Labute approximate surface area is 133 Å². The van der Waals surface area contributed by atoms with E-state index in [-0.39, 0.29) is 5.91 Å². The minimum absolute atomic E-state index is 0.251. The lowest BCUT2D eigenvalue weighted by atomic mass is 10.1.